The van der Waals surface area contributed by atoms with Crippen molar-refractivity contribution >= 4 is 60.8 Å². The molecule has 2 aromatic heterocycles. The maximum atomic E-state index is 6.84. The molecule has 272 valence electrons. The summed E-state index contributed by atoms with van der Waals surface area (Å²) in [4.78, 5) is 2.40. The van der Waals surface area contributed by atoms with Gasteiger partial charge in [0.05, 0.1) is 33.2 Å². The molecule has 0 N–H and O–H groups in total. The lowest BCUT2D eigenvalue weighted by atomic mass is 9.68. The third-order valence-corrected chi connectivity index (χ3v) is 12.3. The summed E-state index contributed by atoms with van der Waals surface area (Å²) in [5.74, 6) is 0. The van der Waals surface area contributed by atoms with Gasteiger partial charge < -0.3 is 13.9 Å². The largest absolute Gasteiger partial charge is 0.456 e. The van der Waals surface area contributed by atoms with Gasteiger partial charge in [-0.25, -0.2) is 0 Å². The summed E-state index contributed by atoms with van der Waals surface area (Å²) in [5.41, 5.74) is 15.4. The van der Waals surface area contributed by atoms with E-state index in [0.717, 1.165) is 44.7 Å². The highest BCUT2D eigenvalue weighted by Crippen LogP contribution is 2.59. The van der Waals surface area contributed by atoms with Crippen molar-refractivity contribution in [2.45, 2.75) is 5.41 Å². The number of nitrogens with zero attached hydrogens (tertiary/aromatic N) is 2. The van der Waals surface area contributed by atoms with E-state index in [1.165, 1.54) is 55.2 Å². The number of fused-ring (bicyclic) bond motifs is 9. The van der Waals surface area contributed by atoms with Crippen LogP contribution in [0.5, 0.6) is 0 Å². The molecule has 0 amide bonds. The zero-order chi connectivity index (χ0) is 38.2. The molecule has 0 saturated carbocycles. The van der Waals surface area contributed by atoms with Gasteiger partial charge >= 0.3 is 0 Å². The molecule has 0 fully saturated rings. The number of furan rings is 1. The third kappa shape index (κ3) is 4.56. The minimum Gasteiger partial charge on any atom is -0.456 e. The monoisotopic (exact) mass is 740 g/mol. The summed E-state index contributed by atoms with van der Waals surface area (Å²) in [7, 11) is 0. The van der Waals surface area contributed by atoms with E-state index in [1.54, 1.807) is 0 Å². The molecule has 12 rings (SSSR count). The van der Waals surface area contributed by atoms with Crippen LogP contribution in [-0.4, -0.2) is 4.57 Å². The van der Waals surface area contributed by atoms with Crippen LogP contribution in [0, 0.1) is 0 Å². The van der Waals surface area contributed by atoms with Crippen molar-refractivity contribution in [3.8, 4) is 16.8 Å². The van der Waals surface area contributed by atoms with Gasteiger partial charge in [-0.3, -0.25) is 0 Å². The Morgan fingerprint density at radius 1 is 0.414 bits per heavy atom. The van der Waals surface area contributed by atoms with Gasteiger partial charge in [-0.1, -0.05) is 158 Å². The van der Waals surface area contributed by atoms with Gasteiger partial charge in [0.1, 0.15) is 11.2 Å². The summed E-state index contributed by atoms with van der Waals surface area (Å²) in [6.45, 7) is 0. The maximum Gasteiger partial charge on any atom is 0.137 e. The van der Waals surface area contributed by atoms with E-state index < -0.39 is 5.41 Å². The summed E-state index contributed by atoms with van der Waals surface area (Å²) in [6.07, 6.45) is 0. The van der Waals surface area contributed by atoms with E-state index in [-0.39, 0.29) is 0 Å². The summed E-state index contributed by atoms with van der Waals surface area (Å²) < 4.78 is 9.23. The molecule has 0 unspecified atom stereocenters. The fourth-order valence-electron chi connectivity index (χ4n) is 9.97. The third-order valence-electron chi connectivity index (χ3n) is 12.3. The Morgan fingerprint density at radius 3 is 1.71 bits per heavy atom. The summed E-state index contributed by atoms with van der Waals surface area (Å²) in [5, 5.41) is 4.67. The zero-order valence-electron chi connectivity index (χ0n) is 31.6. The Morgan fingerprint density at radius 2 is 1.00 bits per heavy atom. The van der Waals surface area contributed by atoms with Crippen LogP contribution >= 0.6 is 0 Å². The van der Waals surface area contributed by atoms with Gasteiger partial charge in [0, 0.05) is 39.2 Å². The lowest BCUT2D eigenvalue weighted by molar-refractivity contribution is 0.669. The van der Waals surface area contributed by atoms with E-state index >= 15 is 0 Å². The predicted molar refractivity (Wildman–Crippen MR) is 240 cm³/mol. The molecule has 0 aliphatic heterocycles. The molecule has 0 radical (unpaired) electrons. The van der Waals surface area contributed by atoms with Crippen LogP contribution in [0.4, 0.5) is 17.1 Å². The van der Waals surface area contributed by atoms with Crippen LogP contribution in [-0.2, 0) is 5.41 Å². The van der Waals surface area contributed by atoms with E-state index in [9.17, 15) is 0 Å². The van der Waals surface area contributed by atoms with Gasteiger partial charge in [0.2, 0.25) is 0 Å². The van der Waals surface area contributed by atoms with Gasteiger partial charge in [0.25, 0.3) is 0 Å². The van der Waals surface area contributed by atoms with E-state index in [1.807, 2.05) is 0 Å². The average molecular weight is 741 g/mol. The first-order chi connectivity index (χ1) is 28.8. The second-order valence-electron chi connectivity index (χ2n) is 15.2. The molecule has 1 aliphatic rings. The van der Waals surface area contributed by atoms with Crippen LogP contribution in [0.2, 0.25) is 0 Å². The second-order valence-corrected chi connectivity index (χ2v) is 15.2. The number of anilines is 3. The van der Waals surface area contributed by atoms with E-state index in [4.69, 9.17) is 4.42 Å². The van der Waals surface area contributed by atoms with Crippen LogP contribution in [0.25, 0.3) is 60.6 Å². The lowest BCUT2D eigenvalue weighted by Crippen LogP contribution is -2.28. The molecule has 0 spiro atoms. The van der Waals surface area contributed by atoms with Crippen LogP contribution < -0.4 is 4.90 Å². The van der Waals surface area contributed by atoms with Crippen LogP contribution in [0.3, 0.4) is 0 Å². The molecule has 9 aromatic carbocycles. The smallest absolute Gasteiger partial charge is 0.137 e. The molecule has 1 aliphatic carbocycles. The van der Waals surface area contributed by atoms with Crippen LogP contribution in [0.15, 0.2) is 223 Å². The van der Waals surface area contributed by atoms with Gasteiger partial charge in [0.15, 0.2) is 0 Å². The van der Waals surface area contributed by atoms with Crippen molar-refractivity contribution in [2.75, 3.05) is 4.90 Å². The second kappa shape index (κ2) is 12.7. The highest BCUT2D eigenvalue weighted by atomic mass is 16.3. The molecule has 11 aromatic rings. The average Bonchev–Trinajstić information content (AvgIpc) is 3.94. The molecule has 3 heteroatoms. The Labute approximate surface area is 336 Å². The molecule has 3 nitrogen and oxygen atoms in total. The molecular weight excluding hydrogens is 705 g/mol. The number of para-hydroxylation sites is 3. The normalized spacial score (nSPS) is 13.0. The Bertz CT molecular complexity index is 3250. The number of hydrogen-bond donors (Lipinski definition) is 0. The van der Waals surface area contributed by atoms with Gasteiger partial charge in [-0.15, -0.1) is 0 Å². The standard InChI is InChI=1S/C55H36N2O/c1-4-18-37(19-5-1)55(38-20-6-2-7-21-38)45-27-13-10-26-43(45)53-46(55)28-16-31-49(53)56(39-22-8-3-9-23-39)40-34-35-44-52(36-40)58-51-33-17-32-50(54(44)51)57-47-29-14-11-24-41(47)42-25-12-15-30-48(42)57/h1-36H. The van der Waals surface area contributed by atoms with Crippen molar-refractivity contribution in [1.82, 2.24) is 4.57 Å². The first-order valence-corrected chi connectivity index (χ1v) is 19.9. The van der Waals surface area contributed by atoms with Crippen molar-refractivity contribution in [3.63, 3.8) is 0 Å². The van der Waals surface area contributed by atoms with Crippen LogP contribution in [0.1, 0.15) is 22.3 Å². The highest BCUT2D eigenvalue weighted by molar-refractivity contribution is 6.15. The fourth-order valence-corrected chi connectivity index (χ4v) is 9.97. The first-order valence-electron chi connectivity index (χ1n) is 19.9. The van der Waals surface area contributed by atoms with E-state index in [2.05, 4.69) is 228 Å². The Balaban J connectivity index is 1.10. The van der Waals surface area contributed by atoms with E-state index in [0.29, 0.717) is 0 Å². The highest BCUT2D eigenvalue weighted by Gasteiger charge is 2.47. The SMILES string of the molecule is c1ccc(N(c2ccc3c(c2)oc2cccc(-n4c5ccccc5c5ccccc54)c23)c2cccc3c2-c2ccccc2C3(c2ccccc2)c2ccccc2)cc1. The minimum atomic E-state index is -0.501. The van der Waals surface area contributed by atoms with Crippen molar-refractivity contribution < 1.29 is 4.42 Å². The predicted octanol–water partition coefficient (Wildman–Crippen LogP) is 14.5. The minimum absolute atomic E-state index is 0.501. The zero-order valence-corrected chi connectivity index (χ0v) is 31.6. The van der Waals surface area contributed by atoms with Gasteiger partial charge in [-0.2, -0.15) is 0 Å². The maximum absolute atomic E-state index is 6.84. The Hall–Kier alpha value is -7.62. The molecule has 0 atom stereocenters. The fraction of sp³-hybridized carbons (Fsp3) is 0.0182. The number of aromatic nitrogens is 1. The molecule has 0 saturated heterocycles. The van der Waals surface area contributed by atoms with Crippen molar-refractivity contribution in [2.24, 2.45) is 0 Å². The molecular formula is C55H36N2O. The summed E-state index contributed by atoms with van der Waals surface area (Å²) >= 11 is 0. The number of hydrogen-bond acceptors (Lipinski definition) is 2. The van der Waals surface area contributed by atoms with Crippen molar-refractivity contribution in [3.05, 3.63) is 241 Å². The molecule has 58 heavy (non-hydrogen) atoms. The van der Waals surface area contributed by atoms with Gasteiger partial charge in [-0.05, 0) is 82.4 Å². The molecule has 0 bridgehead atoms. The Kier molecular flexibility index (Phi) is 7.14. The lowest BCUT2D eigenvalue weighted by Gasteiger charge is -2.34. The summed E-state index contributed by atoms with van der Waals surface area (Å²) in [6, 6.07) is 79.0. The number of benzene rings is 9. The quantitative estimate of drug-likeness (QED) is 0.169. The molecule has 2 heterocycles. The topological polar surface area (TPSA) is 21.3 Å². The number of rotatable bonds is 6. The van der Waals surface area contributed by atoms with Crippen molar-refractivity contribution in [1.29, 1.82) is 0 Å². The first kappa shape index (κ1) is 32.6.